The van der Waals surface area contributed by atoms with Crippen molar-refractivity contribution in [3.8, 4) is 0 Å². The van der Waals surface area contributed by atoms with Crippen molar-refractivity contribution in [2.75, 3.05) is 6.54 Å². The van der Waals surface area contributed by atoms with E-state index >= 15 is 4.39 Å². The van der Waals surface area contributed by atoms with Crippen molar-refractivity contribution in [3.63, 3.8) is 0 Å². The van der Waals surface area contributed by atoms with Crippen LogP contribution in [0.15, 0.2) is 48.6 Å². The normalized spacial score (nSPS) is 22.6. The smallest absolute Gasteiger partial charge is 0.176 e. The third-order valence-electron chi connectivity index (χ3n) is 4.70. The van der Waals surface area contributed by atoms with Gasteiger partial charge < -0.3 is 5.32 Å². The van der Waals surface area contributed by atoms with Gasteiger partial charge in [0.2, 0.25) is 0 Å². The molecule has 2 aromatic rings. The number of allylic oxidation sites excluding steroid dienone is 4. The largest absolute Gasteiger partial charge is 0.312 e. The van der Waals surface area contributed by atoms with Crippen LogP contribution in [0.25, 0.3) is 0 Å². The van der Waals surface area contributed by atoms with Gasteiger partial charge in [-0.15, -0.1) is 0 Å². The van der Waals surface area contributed by atoms with E-state index in [2.05, 4.69) is 10.4 Å². The van der Waals surface area contributed by atoms with Crippen molar-refractivity contribution in [3.05, 3.63) is 76.1 Å². The van der Waals surface area contributed by atoms with Crippen molar-refractivity contribution >= 4 is 11.6 Å². The summed E-state index contributed by atoms with van der Waals surface area (Å²) in [5.41, 5.74) is 2.13. The fourth-order valence-corrected chi connectivity index (χ4v) is 3.64. The van der Waals surface area contributed by atoms with Gasteiger partial charge in [-0.1, -0.05) is 48.0 Å². The van der Waals surface area contributed by atoms with Crippen LogP contribution >= 0.6 is 11.6 Å². The molecule has 1 unspecified atom stereocenters. The molecular formula is C19H19ClFN3. The lowest BCUT2D eigenvalue weighted by Crippen LogP contribution is -2.27. The molecule has 0 amide bonds. The van der Waals surface area contributed by atoms with E-state index < -0.39 is 5.67 Å². The van der Waals surface area contributed by atoms with Crippen LogP contribution in [-0.2, 0) is 25.2 Å². The van der Waals surface area contributed by atoms with E-state index in [4.69, 9.17) is 11.6 Å². The summed E-state index contributed by atoms with van der Waals surface area (Å²) in [6.45, 7) is 2.11. The Hall–Kier alpha value is -1.91. The maximum Gasteiger partial charge on any atom is 0.176 e. The van der Waals surface area contributed by atoms with Crippen LogP contribution in [0.5, 0.6) is 0 Å². The number of benzene rings is 1. The number of alkyl halides is 1. The lowest BCUT2D eigenvalue weighted by Gasteiger charge is -2.23. The fourth-order valence-electron chi connectivity index (χ4n) is 3.44. The number of nitrogens with one attached hydrogen (secondary N) is 1. The highest BCUT2D eigenvalue weighted by atomic mass is 35.5. The Morgan fingerprint density at radius 1 is 1.29 bits per heavy atom. The average molecular weight is 344 g/mol. The molecule has 1 aliphatic carbocycles. The Labute approximate surface area is 145 Å². The first-order valence-electron chi connectivity index (χ1n) is 8.24. The summed E-state index contributed by atoms with van der Waals surface area (Å²) in [7, 11) is 0. The van der Waals surface area contributed by atoms with Crippen LogP contribution in [0.1, 0.15) is 28.9 Å². The third-order valence-corrected chi connectivity index (χ3v) is 5.07. The summed E-state index contributed by atoms with van der Waals surface area (Å²) in [6.07, 6.45) is 8.30. The highest BCUT2D eigenvalue weighted by molar-refractivity contribution is 6.31. The van der Waals surface area contributed by atoms with Gasteiger partial charge in [0.15, 0.2) is 5.67 Å². The molecule has 0 spiro atoms. The number of aromatic nitrogens is 2. The molecule has 124 valence electrons. The first-order valence-corrected chi connectivity index (χ1v) is 8.61. The quantitative estimate of drug-likeness (QED) is 0.915. The van der Waals surface area contributed by atoms with Gasteiger partial charge in [0.1, 0.15) is 5.69 Å². The molecule has 1 N–H and O–H groups in total. The van der Waals surface area contributed by atoms with E-state index in [0.29, 0.717) is 30.2 Å². The zero-order valence-corrected chi connectivity index (χ0v) is 14.1. The lowest BCUT2D eigenvalue weighted by molar-refractivity contribution is 0.225. The molecule has 1 atom stereocenters. The molecule has 0 saturated heterocycles. The maximum absolute atomic E-state index is 15.5. The van der Waals surface area contributed by atoms with Crippen LogP contribution in [-0.4, -0.2) is 16.3 Å². The predicted molar refractivity (Wildman–Crippen MR) is 93.9 cm³/mol. The van der Waals surface area contributed by atoms with Crippen molar-refractivity contribution in [2.24, 2.45) is 0 Å². The van der Waals surface area contributed by atoms with Crippen molar-refractivity contribution < 1.29 is 4.39 Å². The summed E-state index contributed by atoms with van der Waals surface area (Å²) in [5.74, 6) is 0. The fraction of sp³-hybridized carbons (Fsp3) is 0.316. The number of hydrogen-bond donors (Lipinski definition) is 1. The second-order valence-electron chi connectivity index (χ2n) is 6.30. The molecule has 3 nitrogen and oxygen atoms in total. The molecule has 1 aromatic heterocycles. The molecule has 0 bridgehead atoms. The molecule has 24 heavy (non-hydrogen) atoms. The van der Waals surface area contributed by atoms with Gasteiger partial charge in [0.05, 0.1) is 6.54 Å². The summed E-state index contributed by atoms with van der Waals surface area (Å²) in [4.78, 5) is 0. The number of fused-ring (bicyclic) bond motifs is 1. The zero-order chi connectivity index (χ0) is 16.6. The Bertz CT molecular complexity index is 824. The molecule has 0 fully saturated rings. The number of rotatable bonds is 3. The molecule has 4 rings (SSSR count). The minimum atomic E-state index is -1.52. The highest BCUT2D eigenvalue weighted by Gasteiger charge is 2.37. The van der Waals surface area contributed by atoms with Crippen LogP contribution in [0.3, 0.4) is 0 Å². The van der Waals surface area contributed by atoms with Crippen LogP contribution in [0.2, 0.25) is 5.02 Å². The summed E-state index contributed by atoms with van der Waals surface area (Å²) < 4.78 is 17.4. The molecule has 1 aliphatic heterocycles. The molecule has 5 heteroatoms. The monoisotopic (exact) mass is 343 g/mol. The van der Waals surface area contributed by atoms with E-state index in [1.165, 1.54) is 0 Å². The van der Waals surface area contributed by atoms with E-state index in [1.54, 1.807) is 12.2 Å². The van der Waals surface area contributed by atoms with Gasteiger partial charge in [-0.25, -0.2) is 4.39 Å². The molecular weight excluding hydrogens is 325 g/mol. The molecule has 0 radical (unpaired) electrons. The minimum Gasteiger partial charge on any atom is -0.312 e. The van der Waals surface area contributed by atoms with Crippen LogP contribution in [0, 0.1) is 0 Å². The van der Waals surface area contributed by atoms with E-state index in [-0.39, 0.29) is 0 Å². The first-order chi connectivity index (χ1) is 11.7. The van der Waals surface area contributed by atoms with Crippen molar-refractivity contribution in [1.82, 2.24) is 15.1 Å². The first kappa shape index (κ1) is 15.6. The number of halogens is 2. The minimum absolute atomic E-state index is 0.332. The predicted octanol–water partition coefficient (Wildman–Crippen LogP) is 3.91. The SMILES string of the molecule is FC1(c2nn(Cc3ccccc3Cl)c3c2CNCC3)C=CC=CC1. The number of nitrogens with zero attached hydrogens (tertiary/aromatic N) is 2. The molecule has 2 aliphatic rings. The Morgan fingerprint density at radius 3 is 2.96 bits per heavy atom. The second-order valence-corrected chi connectivity index (χ2v) is 6.71. The van der Waals surface area contributed by atoms with E-state index in [1.807, 2.05) is 41.1 Å². The number of hydrogen-bond acceptors (Lipinski definition) is 2. The van der Waals surface area contributed by atoms with Gasteiger partial charge >= 0.3 is 0 Å². The summed E-state index contributed by atoms with van der Waals surface area (Å²) >= 11 is 6.29. The van der Waals surface area contributed by atoms with Crippen molar-refractivity contribution in [1.29, 1.82) is 0 Å². The van der Waals surface area contributed by atoms with Gasteiger partial charge in [-0.05, 0) is 17.7 Å². The third kappa shape index (κ3) is 2.70. The van der Waals surface area contributed by atoms with Gasteiger partial charge in [0, 0.05) is 42.2 Å². The zero-order valence-electron chi connectivity index (χ0n) is 13.3. The molecule has 0 saturated carbocycles. The summed E-state index contributed by atoms with van der Waals surface area (Å²) in [5, 5.41) is 8.74. The Balaban J connectivity index is 1.77. The van der Waals surface area contributed by atoms with Crippen LogP contribution < -0.4 is 5.32 Å². The highest BCUT2D eigenvalue weighted by Crippen LogP contribution is 2.37. The lowest BCUT2D eigenvalue weighted by atomic mass is 9.89. The average Bonchev–Trinajstić information content (AvgIpc) is 2.97. The molecule has 1 aromatic carbocycles. The van der Waals surface area contributed by atoms with Gasteiger partial charge in [-0.3, -0.25) is 4.68 Å². The standard InChI is InChI=1S/C19H19ClFN3/c20-16-7-3-2-6-14(16)13-24-17-8-11-22-12-15(17)18(23-24)19(21)9-4-1-5-10-19/h1-7,9,22H,8,10-13H2. The maximum atomic E-state index is 15.5. The van der Waals surface area contributed by atoms with Crippen LogP contribution in [0.4, 0.5) is 4.39 Å². The van der Waals surface area contributed by atoms with Gasteiger partial charge in [0.25, 0.3) is 0 Å². The molecule has 2 heterocycles. The van der Waals surface area contributed by atoms with E-state index in [0.717, 1.165) is 29.8 Å². The van der Waals surface area contributed by atoms with Gasteiger partial charge in [-0.2, -0.15) is 5.10 Å². The Kier molecular flexibility index (Phi) is 4.02. The second kappa shape index (κ2) is 6.19. The van der Waals surface area contributed by atoms with E-state index in [9.17, 15) is 0 Å². The topological polar surface area (TPSA) is 29.9 Å². The van der Waals surface area contributed by atoms with Crippen molar-refractivity contribution in [2.45, 2.75) is 31.6 Å². The summed E-state index contributed by atoms with van der Waals surface area (Å²) in [6, 6.07) is 7.74. The Morgan fingerprint density at radius 2 is 2.17 bits per heavy atom.